The maximum Gasteiger partial charge on any atom is 0.311 e. The maximum absolute atomic E-state index is 11.5. The number of carboxylic acids is 1. The van der Waals surface area contributed by atoms with Crippen LogP contribution >= 0.6 is 0 Å². The van der Waals surface area contributed by atoms with E-state index in [4.69, 9.17) is 14.2 Å². The first-order valence-electron chi connectivity index (χ1n) is 7.45. The minimum Gasteiger partial charge on any atom is -0.493 e. The van der Waals surface area contributed by atoms with Gasteiger partial charge in [0.1, 0.15) is 5.75 Å². The highest BCUT2D eigenvalue weighted by molar-refractivity contribution is 5.76. The van der Waals surface area contributed by atoms with Crippen LogP contribution in [-0.2, 0) is 4.79 Å². The van der Waals surface area contributed by atoms with Crippen molar-refractivity contribution in [2.45, 2.75) is 19.3 Å². The van der Waals surface area contributed by atoms with Crippen molar-refractivity contribution in [2.24, 2.45) is 0 Å². The summed E-state index contributed by atoms with van der Waals surface area (Å²) >= 11 is 0. The van der Waals surface area contributed by atoms with Crippen molar-refractivity contribution >= 4 is 5.97 Å². The Hall–Kier alpha value is -2.69. The quantitative estimate of drug-likeness (QED) is 0.885. The van der Waals surface area contributed by atoms with Gasteiger partial charge in [-0.1, -0.05) is 29.8 Å². The summed E-state index contributed by atoms with van der Waals surface area (Å²) in [6, 6.07) is 12.9. The molecule has 0 saturated carbocycles. The van der Waals surface area contributed by atoms with Gasteiger partial charge in [0.15, 0.2) is 11.5 Å². The third-order valence-corrected chi connectivity index (χ3v) is 3.80. The van der Waals surface area contributed by atoms with Gasteiger partial charge in [0.2, 0.25) is 6.79 Å². The Morgan fingerprint density at radius 3 is 2.65 bits per heavy atom. The lowest BCUT2D eigenvalue weighted by molar-refractivity contribution is -0.139. The summed E-state index contributed by atoms with van der Waals surface area (Å²) < 4.78 is 16.2. The number of aliphatic carboxylic acids is 1. The van der Waals surface area contributed by atoms with Crippen LogP contribution in [0.3, 0.4) is 0 Å². The molecule has 3 rings (SSSR count). The molecule has 5 nitrogen and oxygen atoms in total. The van der Waals surface area contributed by atoms with Crippen LogP contribution in [0.1, 0.15) is 23.5 Å². The number of benzene rings is 2. The van der Waals surface area contributed by atoms with E-state index in [1.807, 2.05) is 31.2 Å². The smallest absolute Gasteiger partial charge is 0.311 e. The van der Waals surface area contributed by atoms with Crippen molar-refractivity contribution in [3.05, 3.63) is 53.6 Å². The maximum atomic E-state index is 11.5. The fourth-order valence-electron chi connectivity index (χ4n) is 2.49. The molecule has 2 aromatic rings. The first-order chi connectivity index (χ1) is 11.1. The lowest BCUT2D eigenvalue weighted by Crippen LogP contribution is -2.15. The van der Waals surface area contributed by atoms with E-state index in [-0.39, 0.29) is 6.79 Å². The number of carboxylic acid groups (broad SMARTS) is 1. The third-order valence-electron chi connectivity index (χ3n) is 3.80. The molecule has 23 heavy (non-hydrogen) atoms. The van der Waals surface area contributed by atoms with Gasteiger partial charge in [-0.2, -0.15) is 0 Å². The average Bonchev–Trinajstić information content (AvgIpc) is 3.00. The van der Waals surface area contributed by atoms with E-state index in [1.165, 1.54) is 0 Å². The summed E-state index contributed by atoms with van der Waals surface area (Å²) in [6.07, 6.45) is 0.396. The molecule has 1 unspecified atom stereocenters. The lowest BCUT2D eigenvalue weighted by atomic mass is 9.95. The highest BCUT2D eigenvalue weighted by Crippen LogP contribution is 2.35. The molecule has 5 heteroatoms. The summed E-state index contributed by atoms with van der Waals surface area (Å²) in [4.78, 5) is 11.5. The number of fused-ring (bicyclic) bond motifs is 1. The van der Waals surface area contributed by atoms with Crippen molar-refractivity contribution in [3.8, 4) is 17.2 Å². The van der Waals surface area contributed by atoms with Crippen LogP contribution in [0, 0.1) is 6.92 Å². The van der Waals surface area contributed by atoms with Gasteiger partial charge in [-0.25, -0.2) is 0 Å². The molecule has 1 atom stereocenters. The van der Waals surface area contributed by atoms with Crippen LogP contribution < -0.4 is 14.2 Å². The molecule has 1 aliphatic rings. The molecule has 0 fully saturated rings. The zero-order valence-electron chi connectivity index (χ0n) is 12.8. The van der Waals surface area contributed by atoms with Gasteiger partial charge >= 0.3 is 5.97 Å². The second-order valence-corrected chi connectivity index (χ2v) is 5.45. The zero-order valence-corrected chi connectivity index (χ0v) is 12.8. The molecule has 1 aliphatic heterocycles. The molecule has 0 aliphatic carbocycles. The summed E-state index contributed by atoms with van der Waals surface area (Å²) in [5.74, 6) is 0.561. The van der Waals surface area contributed by atoms with E-state index < -0.39 is 11.9 Å². The highest BCUT2D eigenvalue weighted by atomic mass is 16.7. The van der Waals surface area contributed by atoms with Crippen LogP contribution in [0.4, 0.5) is 0 Å². The second kappa shape index (κ2) is 6.60. The van der Waals surface area contributed by atoms with E-state index >= 15 is 0 Å². The van der Waals surface area contributed by atoms with Crippen molar-refractivity contribution in [3.63, 3.8) is 0 Å². The molecule has 2 aromatic carbocycles. The molecule has 0 saturated heterocycles. The van der Waals surface area contributed by atoms with Crippen molar-refractivity contribution < 1.29 is 24.1 Å². The van der Waals surface area contributed by atoms with Gasteiger partial charge in [-0.15, -0.1) is 0 Å². The van der Waals surface area contributed by atoms with Crippen molar-refractivity contribution in [2.75, 3.05) is 13.4 Å². The Balaban J connectivity index is 1.61. The number of ether oxygens (including phenoxy) is 3. The molecule has 0 radical (unpaired) electrons. The number of aryl methyl sites for hydroxylation is 1. The SMILES string of the molecule is Cc1ccc(C(CCOc2ccc3c(c2)OCO3)C(=O)O)cc1. The topological polar surface area (TPSA) is 65.0 Å². The predicted molar refractivity (Wildman–Crippen MR) is 84.2 cm³/mol. The van der Waals surface area contributed by atoms with E-state index in [2.05, 4.69) is 0 Å². The molecule has 0 spiro atoms. The van der Waals surface area contributed by atoms with Crippen LogP contribution in [0.15, 0.2) is 42.5 Å². The molecule has 120 valence electrons. The minimum absolute atomic E-state index is 0.216. The Bertz CT molecular complexity index is 693. The monoisotopic (exact) mass is 314 g/mol. The summed E-state index contributed by atoms with van der Waals surface area (Å²) in [6.45, 7) is 2.50. The molecule has 0 bridgehead atoms. The number of hydrogen-bond donors (Lipinski definition) is 1. The predicted octanol–water partition coefficient (Wildman–Crippen LogP) is 3.36. The average molecular weight is 314 g/mol. The Labute approximate surface area is 134 Å². The first-order valence-corrected chi connectivity index (χ1v) is 7.45. The zero-order chi connectivity index (χ0) is 16.2. The van der Waals surface area contributed by atoms with Crippen LogP contribution in [0.5, 0.6) is 17.2 Å². The van der Waals surface area contributed by atoms with E-state index in [9.17, 15) is 9.90 Å². The van der Waals surface area contributed by atoms with Gasteiger partial charge in [0.05, 0.1) is 12.5 Å². The molecule has 1 N–H and O–H groups in total. The minimum atomic E-state index is -0.844. The van der Waals surface area contributed by atoms with Crippen LogP contribution in [0.2, 0.25) is 0 Å². The van der Waals surface area contributed by atoms with Gasteiger partial charge < -0.3 is 19.3 Å². The standard InChI is InChI=1S/C18H18O5/c1-12-2-4-13(5-3-12)15(18(19)20)8-9-21-14-6-7-16-17(10-14)23-11-22-16/h2-7,10,15H,8-9,11H2,1H3,(H,19,20). The summed E-state index contributed by atoms with van der Waals surface area (Å²) in [5.41, 5.74) is 1.90. The molecule has 0 aromatic heterocycles. The second-order valence-electron chi connectivity index (χ2n) is 5.45. The molecular weight excluding hydrogens is 296 g/mol. The largest absolute Gasteiger partial charge is 0.493 e. The Kier molecular flexibility index (Phi) is 4.37. The van der Waals surface area contributed by atoms with Crippen molar-refractivity contribution in [1.29, 1.82) is 0 Å². The van der Waals surface area contributed by atoms with Crippen LogP contribution in [0.25, 0.3) is 0 Å². The molecule has 1 heterocycles. The fourth-order valence-corrected chi connectivity index (χ4v) is 2.49. The summed E-state index contributed by atoms with van der Waals surface area (Å²) in [7, 11) is 0. The molecular formula is C18H18O5. The number of rotatable bonds is 6. The number of hydrogen-bond acceptors (Lipinski definition) is 4. The Morgan fingerprint density at radius 2 is 1.91 bits per heavy atom. The van der Waals surface area contributed by atoms with Crippen molar-refractivity contribution in [1.82, 2.24) is 0 Å². The van der Waals surface area contributed by atoms with Gasteiger partial charge in [0.25, 0.3) is 0 Å². The van der Waals surface area contributed by atoms with Crippen LogP contribution in [-0.4, -0.2) is 24.5 Å². The van der Waals surface area contributed by atoms with Gasteiger partial charge in [-0.05, 0) is 31.0 Å². The van der Waals surface area contributed by atoms with Gasteiger partial charge in [-0.3, -0.25) is 4.79 Å². The molecule has 0 amide bonds. The van der Waals surface area contributed by atoms with E-state index in [1.54, 1.807) is 18.2 Å². The number of carbonyl (C=O) groups is 1. The fraction of sp³-hybridized carbons (Fsp3) is 0.278. The van der Waals surface area contributed by atoms with E-state index in [0.717, 1.165) is 11.1 Å². The van der Waals surface area contributed by atoms with Gasteiger partial charge in [0, 0.05) is 6.07 Å². The Morgan fingerprint density at radius 1 is 1.17 bits per heavy atom. The third kappa shape index (κ3) is 3.56. The normalized spacial score (nSPS) is 13.6. The van der Waals surface area contributed by atoms with E-state index in [0.29, 0.717) is 30.3 Å². The first kappa shape index (κ1) is 15.2. The summed E-state index contributed by atoms with van der Waals surface area (Å²) in [5, 5.41) is 9.43. The lowest BCUT2D eigenvalue weighted by Gasteiger charge is -2.14. The highest BCUT2D eigenvalue weighted by Gasteiger charge is 2.20.